The summed E-state index contributed by atoms with van der Waals surface area (Å²) in [5.74, 6) is -1.05. The average molecular weight is 372 g/mol. The van der Waals surface area contributed by atoms with E-state index in [-0.39, 0.29) is 5.57 Å². The molecule has 1 heterocycles. The van der Waals surface area contributed by atoms with E-state index < -0.39 is 42.6 Å². The number of rotatable bonds is 4. The largest absolute Gasteiger partial charge is 0.430 e. The van der Waals surface area contributed by atoms with Crippen molar-refractivity contribution in [2.24, 2.45) is 0 Å². The number of hydrogen-bond acceptors (Lipinski definition) is 4. The number of imide groups is 2. The van der Waals surface area contributed by atoms with Crippen molar-refractivity contribution < 1.29 is 14.4 Å². The van der Waals surface area contributed by atoms with Crippen LogP contribution in [-0.4, -0.2) is 51.3 Å². The Hall–Kier alpha value is -1.20. The minimum absolute atomic E-state index is 0.0804. The highest BCUT2D eigenvalue weighted by Gasteiger charge is 2.44. The van der Waals surface area contributed by atoms with Gasteiger partial charge in [0.1, 0.15) is 22.0 Å². The van der Waals surface area contributed by atoms with E-state index in [1.54, 1.807) is 6.20 Å². The second kappa shape index (κ2) is 6.02. The van der Waals surface area contributed by atoms with Gasteiger partial charge in [-0.05, 0) is 0 Å². The number of urea groups is 1. The molecule has 0 unspecified atom stereocenters. The van der Waals surface area contributed by atoms with Gasteiger partial charge in [0.2, 0.25) is 0 Å². The lowest BCUT2D eigenvalue weighted by molar-refractivity contribution is -0.127. The van der Waals surface area contributed by atoms with Crippen LogP contribution in [0.2, 0.25) is 58.9 Å². The maximum atomic E-state index is 12.8. The van der Waals surface area contributed by atoms with Crippen molar-refractivity contribution in [2.45, 2.75) is 58.9 Å². The first kappa shape index (κ1) is 19.8. The molecule has 6 nitrogen and oxygen atoms in total. The van der Waals surface area contributed by atoms with Crippen LogP contribution in [0.1, 0.15) is 0 Å². The predicted octanol–water partition coefficient (Wildman–Crippen LogP) is 2.76. The fourth-order valence-electron chi connectivity index (χ4n) is 2.78. The molecule has 1 rings (SSSR count). The Morgan fingerprint density at radius 3 is 1.65 bits per heavy atom. The average Bonchev–Trinajstić information content (AvgIpc) is 2.21. The molecule has 1 fully saturated rings. The molecule has 23 heavy (non-hydrogen) atoms. The van der Waals surface area contributed by atoms with E-state index in [0.717, 1.165) is 0 Å². The molecule has 0 bridgehead atoms. The molecule has 1 aliphatic heterocycles. The molecule has 0 radical (unpaired) electrons. The van der Waals surface area contributed by atoms with Crippen LogP contribution in [0.3, 0.4) is 0 Å². The lowest BCUT2D eigenvalue weighted by Gasteiger charge is -2.44. The third-order valence-corrected chi connectivity index (χ3v) is 12.4. The summed E-state index contributed by atoms with van der Waals surface area (Å²) < 4.78 is 3.51. The predicted molar refractivity (Wildman–Crippen MR) is 100 cm³/mol. The SMILES string of the molecule is C[Si](C)(C)N1C(=O)NC(=O)/C(=C\N([Si](C)(C)C)[Si](C)(C)C)C1=O. The van der Waals surface area contributed by atoms with Gasteiger partial charge in [0.05, 0.1) is 0 Å². The molecular formula is C14H29N3O3Si3. The van der Waals surface area contributed by atoms with Gasteiger partial charge in [-0.2, -0.15) is 0 Å². The number of barbiturate groups is 1. The Morgan fingerprint density at radius 1 is 0.870 bits per heavy atom. The number of nitrogens with one attached hydrogen (secondary N) is 1. The first-order valence-electron chi connectivity index (χ1n) is 7.78. The lowest BCUT2D eigenvalue weighted by atomic mass is 10.2. The molecule has 1 aliphatic rings. The van der Waals surface area contributed by atoms with Crippen molar-refractivity contribution >= 4 is 42.6 Å². The van der Waals surface area contributed by atoms with Crippen molar-refractivity contribution in [3.8, 4) is 0 Å². The van der Waals surface area contributed by atoms with E-state index in [0.29, 0.717) is 0 Å². The fraction of sp³-hybridized carbons (Fsp3) is 0.643. The zero-order valence-electron chi connectivity index (χ0n) is 15.7. The van der Waals surface area contributed by atoms with Crippen molar-refractivity contribution in [2.75, 3.05) is 0 Å². The summed E-state index contributed by atoms with van der Waals surface area (Å²) in [6.45, 7) is 18.9. The van der Waals surface area contributed by atoms with Crippen LogP contribution in [0.15, 0.2) is 11.8 Å². The summed E-state index contributed by atoms with van der Waals surface area (Å²) in [5.41, 5.74) is 0.0804. The third kappa shape index (κ3) is 4.42. The molecule has 130 valence electrons. The molecule has 4 amide bonds. The molecule has 1 N–H and O–H groups in total. The molecule has 0 spiro atoms. The Balaban J connectivity index is 3.41. The second-order valence-electron chi connectivity index (χ2n) is 8.83. The first-order valence-corrected chi connectivity index (χ1v) is 18.1. The number of hydrogen-bond donors (Lipinski definition) is 1. The molecule has 0 aromatic carbocycles. The van der Waals surface area contributed by atoms with Gasteiger partial charge < -0.3 is 4.23 Å². The normalized spacial score (nSPS) is 19.3. The Kier molecular flexibility index (Phi) is 5.20. The van der Waals surface area contributed by atoms with Crippen molar-refractivity contribution in [3.05, 3.63) is 11.8 Å². The van der Waals surface area contributed by atoms with Gasteiger partial charge in [0, 0.05) is 6.20 Å². The van der Waals surface area contributed by atoms with E-state index in [9.17, 15) is 14.4 Å². The van der Waals surface area contributed by atoms with Crippen molar-refractivity contribution in [3.63, 3.8) is 0 Å². The highest BCUT2D eigenvalue weighted by molar-refractivity contribution is 6.90. The standard InChI is InChI=1S/C14H29N3O3Si3/c1-21(2,3)16(22(4,5)6)10-11-12(18)15-14(20)17(13(11)19)23(7,8)9/h10H,1-9H3,(H,15,18,20)/b11-10+. The van der Waals surface area contributed by atoms with Gasteiger partial charge in [-0.3, -0.25) is 19.5 Å². The molecular weight excluding hydrogens is 342 g/mol. The molecule has 9 heteroatoms. The van der Waals surface area contributed by atoms with Crippen LogP contribution < -0.4 is 5.32 Å². The quantitative estimate of drug-likeness (QED) is 0.469. The van der Waals surface area contributed by atoms with Crippen LogP contribution in [0.5, 0.6) is 0 Å². The topological polar surface area (TPSA) is 69.7 Å². The van der Waals surface area contributed by atoms with Crippen LogP contribution in [0.25, 0.3) is 0 Å². The second-order valence-corrected chi connectivity index (χ2v) is 23.7. The zero-order valence-corrected chi connectivity index (χ0v) is 18.7. The van der Waals surface area contributed by atoms with Gasteiger partial charge >= 0.3 is 6.03 Å². The van der Waals surface area contributed by atoms with Gasteiger partial charge in [-0.25, -0.2) is 4.79 Å². The minimum atomic E-state index is -2.21. The summed E-state index contributed by atoms with van der Waals surface area (Å²) >= 11 is 0. The van der Waals surface area contributed by atoms with Crippen LogP contribution in [0, 0.1) is 0 Å². The van der Waals surface area contributed by atoms with Gasteiger partial charge in [-0.1, -0.05) is 58.9 Å². The number of carbonyl (C=O) groups excluding carboxylic acids is 3. The Bertz CT molecular complexity index is 555. The van der Waals surface area contributed by atoms with E-state index in [1.165, 1.54) is 4.57 Å². The minimum Gasteiger partial charge on any atom is -0.430 e. The van der Waals surface area contributed by atoms with Gasteiger partial charge in [-0.15, -0.1) is 0 Å². The van der Waals surface area contributed by atoms with E-state index >= 15 is 0 Å². The van der Waals surface area contributed by atoms with Crippen LogP contribution >= 0.6 is 0 Å². The summed E-state index contributed by atoms with van der Waals surface area (Å²) in [7, 11) is -5.73. The smallest absolute Gasteiger partial charge is 0.323 e. The number of nitrogens with zero attached hydrogens (tertiary/aromatic N) is 2. The number of carbonyl (C=O) groups is 3. The Morgan fingerprint density at radius 2 is 1.30 bits per heavy atom. The molecule has 0 aromatic heterocycles. The summed E-state index contributed by atoms with van der Waals surface area (Å²) in [5, 5.41) is 2.32. The molecule has 1 saturated heterocycles. The van der Waals surface area contributed by atoms with Gasteiger partial charge in [0.25, 0.3) is 11.8 Å². The fourth-order valence-corrected chi connectivity index (χ4v) is 13.3. The van der Waals surface area contributed by atoms with E-state index in [1.807, 2.05) is 19.6 Å². The first-order chi connectivity index (χ1) is 10.1. The Labute approximate surface area is 142 Å². The highest BCUT2D eigenvalue weighted by Crippen LogP contribution is 2.24. The maximum absolute atomic E-state index is 12.8. The zero-order chi connectivity index (χ0) is 18.4. The maximum Gasteiger partial charge on any atom is 0.323 e. The molecule has 0 aromatic rings. The summed E-state index contributed by atoms with van der Waals surface area (Å²) in [4.78, 5) is 37.1. The lowest BCUT2D eigenvalue weighted by Crippen LogP contribution is -2.63. The third-order valence-electron chi connectivity index (χ3n) is 3.48. The van der Waals surface area contributed by atoms with E-state index in [2.05, 4.69) is 48.8 Å². The number of amides is 4. The van der Waals surface area contributed by atoms with Crippen molar-refractivity contribution in [1.29, 1.82) is 0 Å². The van der Waals surface area contributed by atoms with Crippen molar-refractivity contribution in [1.82, 2.24) is 14.1 Å². The monoisotopic (exact) mass is 371 g/mol. The highest BCUT2D eigenvalue weighted by atomic mass is 28.4. The molecule has 0 aliphatic carbocycles. The molecule has 0 atom stereocenters. The van der Waals surface area contributed by atoms with Crippen LogP contribution in [0.4, 0.5) is 4.79 Å². The summed E-state index contributed by atoms with van der Waals surface area (Å²) in [6, 6.07) is -0.594. The summed E-state index contributed by atoms with van der Waals surface area (Å²) in [6.07, 6.45) is 1.72. The van der Waals surface area contributed by atoms with E-state index in [4.69, 9.17) is 0 Å². The van der Waals surface area contributed by atoms with Crippen LogP contribution in [-0.2, 0) is 9.59 Å². The molecule has 0 saturated carbocycles. The van der Waals surface area contributed by atoms with Gasteiger partial charge in [0.15, 0.2) is 8.24 Å².